The highest BCUT2D eigenvalue weighted by atomic mass is 16.3. The Bertz CT molecular complexity index is 377. The van der Waals surface area contributed by atoms with E-state index in [1.165, 1.54) is 6.07 Å². The zero-order valence-corrected chi connectivity index (χ0v) is 7.16. The lowest BCUT2D eigenvalue weighted by Gasteiger charge is -2.05. The first-order chi connectivity index (χ1) is 6.13. The summed E-state index contributed by atoms with van der Waals surface area (Å²) in [6.07, 6.45) is 4.89. The van der Waals surface area contributed by atoms with Crippen molar-refractivity contribution in [1.29, 1.82) is 0 Å². The molecule has 0 unspecified atom stereocenters. The highest BCUT2D eigenvalue weighted by Crippen LogP contribution is 2.19. The van der Waals surface area contributed by atoms with Crippen LogP contribution in [0.1, 0.15) is 5.56 Å². The number of terminal acetylenes is 1. The number of hydrogen-bond acceptors (Lipinski definition) is 2. The van der Waals surface area contributed by atoms with Crippen molar-refractivity contribution in [2.75, 3.05) is 5.32 Å². The van der Waals surface area contributed by atoms with Gasteiger partial charge in [-0.3, -0.25) is 4.79 Å². The molecule has 1 aromatic carbocycles. The molecule has 0 aliphatic carbocycles. The molecule has 0 aliphatic rings. The number of aromatic hydroxyl groups is 1. The topological polar surface area (TPSA) is 49.3 Å². The maximum Gasteiger partial charge on any atom is 0.300 e. The van der Waals surface area contributed by atoms with Gasteiger partial charge in [0.25, 0.3) is 5.91 Å². The Morgan fingerprint density at radius 3 is 2.85 bits per heavy atom. The van der Waals surface area contributed by atoms with Crippen LogP contribution in [0.5, 0.6) is 5.75 Å². The first kappa shape index (κ1) is 9.14. The number of carbonyl (C=O) groups excluding carboxylic acids is 1. The fourth-order valence-electron chi connectivity index (χ4n) is 0.946. The van der Waals surface area contributed by atoms with Gasteiger partial charge < -0.3 is 10.4 Å². The first-order valence-corrected chi connectivity index (χ1v) is 3.70. The Morgan fingerprint density at radius 2 is 2.31 bits per heavy atom. The van der Waals surface area contributed by atoms with Gasteiger partial charge in [-0.15, -0.1) is 6.42 Å². The van der Waals surface area contributed by atoms with Gasteiger partial charge in [-0.1, -0.05) is 0 Å². The van der Waals surface area contributed by atoms with E-state index in [0.29, 0.717) is 5.69 Å². The van der Waals surface area contributed by atoms with Crippen LogP contribution in [0.25, 0.3) is 0 Å². The zero-order chi connectivity index (χ0) is 9.84. The van der Waals surface area contributed by atoms with Crippen molar-refractivity contribution in [3.8, 4) is 18.1 Å². The van der Waals surface area contributed by atoms with Gasteiger partial charge in [0.05, 0.1) is 0 Å². The number of phenols is 1. The van der Waals surface area contributed by atoms with Gasteiger partial charge in [0, 0.05) is 5.69 Å². The van der Waals surface area contributed by atoms with Crippen molar-refractivity contribution in [2.24, 2.45) is 0 Å². The van der Waals surface area contributed by atoms with E-state index in [-0.39, 0.29) is 5.75 Å². The van der Waals surface area contributed by atoms with Crippen LogP contribution in [0.15, 0.2) is 18.2 Å². The second-order valence-electron chi connectivity index (χ2n) is 2.60. The van der Waals surface area contributed by atoms with E-state index in [1.807, 2.05) is 5.92 Å². The summed E-state index contributed by atoms with van der Waals surface area (Å²) in [6, 6.07) is 4.63. The van der Waals surface area contributed by atoms with E-state index in [1.54, 1.807) is 19.1 Å². The van der Waals surface area contributed by atoms with E-state index in [4.69, 9.17) is 11.5 Å². The lowest BCUT2D eigenvalue weighted by atomic mass is 10.2. The molecule has 0 bridgehead atoms. The summed E-state index contributed by atoms with van der Waals surface area (Å²) < 4.78 is 0. The van der Waals surface area contributed by atoms with Crippen LogP contribution in [0.2, 0.25) is 0 Å². The number of anilines is 1. The van der Waals surface area contributed by atoms with Crippen molar-refractivity contribution in [3.63, 3.8) is 0 Å². The number of nitrogens with one attached hydrogen (secondary N) is 1. The van der Waals surface area contributed by atoms with Gasteiger partial charge in [0.2, 0.25) is 0 Å². The summed E-state index contributed by atoms with van der Waals surface area (Å²) in [7, 11) is 0. The third-order valence-corrected chi connectivity index (χ3v) is 1.59. The molecular formula is C10H9NO2. The first-order valence-electron chi connectivity index (χ1n) is 3.70. The quantitative estimate of drug-likeness (QED) is 0.499. The fraction of sp³-hybridized carbons (Fsp3) is 0.100. The molecule has 2 N–H and O–H groups in total. The summed E-state index contributed by atoms with van der Waals surface area (Å²) >= 11 is 0. The highest BCUT2D eigenvalue weighted by Gasteiger charge is 2.01. The molecule has 1 rings (SSSR count). The van der Waals surface area contributed by atoms with Gasteiger partial charge in [-0.05, 0) is 36.6 Å². The second kappa shape index (κ2) is 3.63. The molecule has 3 heteroatoms. The number of hydrogen-bond donors (Lipinski definition) is 2. The van der Waals surface area contributed by atoms with Gasteiger partial charge >= 0.3 is 0 Å². The summed E-state index contributed by atoms with van der Waals surface area (Å²) in [5.41, 5.74) is 1.38. The smallest absolute Gasteiger partial charge is 0.300 e. The number of rotatable bonds is 1. The van der Waals surface area contributed by atoms with Crippen LogP contribution in [-0.4, -0.2) is 11.0 Å². The summed E-state index contributed by atoms with van der Waals surface area (Å²) in [5.74, 6) is 1.61. The average molecular weight is 175 g/mol. The number of phenolic OH excluding ortho intramolecular Hbond substituents is 1. The van der Waals surface area contributed by atoms with Gasteiger partial charge in [-0.25, -0.2) is 0 Å². The predicted octanol–water partition coefficient (Wildman–Crippen LogP) is 1.27. The molecule has 66 valence electrons. The number of carbonyl (C=O) groups is 1. The van der Waals surface area contributed by atoms with Gasteiger partial charge in [0.1, 0.15) is 5.75 Å². The minimum absolute atomic E-state index is 0.163. The van der Waals surface area contributed by atoms with E-state index >= 15 is 0 Å². The molecular weight excluding hydrogens is 166 g/mol. The molecule has 0 aromatic heterocycles. The van der Waals surface area contributed by atoms with E-state index < -0.39 is 5.91 Å². The number of amides is 1. The lowest BCUT2D eigenvalue weighted by molar-refractivity contribution is -0.111. The number of aryl methyl sites for hydroxylation is 1. The van der Waals surface area contributed by atoms with Gasteiger partial charge in [-0.2, -0.15) is 0 Å². The van der Waals surface area contributed by atoms with Crippen molar-refractivity contribution >= 4 is 11.6 Å². The van der Waals surface area contributed by atoms with Crippen molar-refractivity contribution in [1.82, 2.24) is 0 Å². The monoisotopic (exact) mass is 175 g/mol. The molecule has 0 spiro atoms. The molecule has 13 heavy (non-hydrogen) atoms. The minimum atomic E-state index is -0.492. The average Bonchev–Trinajstić information content (AvgIpc) is 2.09. The normalized spacial score (nSPS) is 8.92. The fourth-order valence-corrected chi connectivity index (χ4v) is 0.946. The maximum atomic E-state index is 10.8. The summed E-state index contributed by atoms with van der Waals surface area (Å²) in [5, 5.41) is 11.6. The van der Waals surface area contributed by atoms with Crippen LogP contribution in [-0.2, 0) is 4.79 Å². The molecule has 0 saturated heterocycles. The largest absolute Gasteiger partial charge is 0.508 e. The van der Waals surface area contributed by atoms with Crippen LogP contribution >= 0.6 is 0 Å². The summed E-state index contributed by atoms with van der Waals surface area (Å²) in [4.78, 5) is 10.8. The molecule has 1 amide bonds. The molecule has 1 aromatic rings. The molecule has 0 fully saturated rings. The Kier molecular flexibility index (Phi) is 2.56. The van der Waals surface area contributed by atoms with E-state index in [9.17, 15) is 4.79 Å². The second-order valence-corrected chi connectivity index (χ2v) is 2.60. The van der Waals surface area contributed by atoms with Gasteiger partial charge in [0.15, 0.2) is 0 Å². The van der Waals surface area contributed by atoms with Crippen LogP contribution in [0.3, 0.4) is 0 Å². The van der Waals surface area contributed by atoms with Crippen molar-refractivity contribution in [2.45, 2.75) is 6.92 Å². The molecule has 0 atom stereocenters. The highest BCUT2D eigenvalue weighted by molar-refractivity contribution is 6.03. The molecule has 0 radical (unpaired) electrons. The van der Waals surface area contributed by atoms with Crippen LogP contribution < -0.4 is 5.32 Å². The van der Waals surface area contributed by atoms with Crippen LogP contribution in [0, 0.1) is 19.3 Å². The van der Waals surface area contributed by atoms with E-state index in [0.717, 1.165) is 5.56 Å². The zero-order valence-electron chi connectivity index (χ0n) is 7.16. The Balaban J connectivity index is 2.91. The van der Waals surface area contributed by atoms with E-state index in [2.05, 4.69) is 5.32 Å². The third-order valence-electron chi connectivity index (χ3n) is 1.59. The Labute approximate surface area is 76.4 Å². The van der Waals surface area contributed by atoms with Crippen molar-refractivity contribution in [3.05, 3.63) is 23.8 Å². The van der Waals surface area contributed by atoms with Crippen LogP contribution in [0.4, 0.5) is 5.69 Å². The summed E-state index contributed by atoms with van der Waals surface area (Å²) in [6.45, 7) is 1.77. The Hall–Kier alpha value is -1.95. The third kappa shape index (κ3) is 2.24. The standard InChI is InChI=1S/C10H9NO2/c1-3-10(13)11-9-5-4-8(12)6-7(9)2/h1,4-6,12H,2H3,(H,11,13). The van der Waals surface area contributed by atoms with Crippen molar-refractivity contribution < 1.29 is 9.90 Å². The predicted molar refractivity (Wildman–Crippen MR) is 50.3 cm³/mol. The molecule has 0 heterocycles. The molecule has 3 nitrogen and oxygen atoms in total. The molecule has 0 saturated carbocycles. The lowest BCUT2D eigenvalue weighted by Crippen LogP contribution is -2.08. The maximum absolute atomic E-state index is 10.8. The molecule has 0 aliphatic heterocycles. The Morgan fingerprint density at radius 1 is 1.62 bits per heavy atom. The minimum Gasteiger partial charge on any atom is -0.508 e. The number of benzene rings is 1. The SMILES string of the molecule is C#CC(=O)Nc1ccc(O)cc1C.